The number of carboxylic acid groups (broad SMARTS) is 1. The molecule has 5 heteroatoms. The summed E-state index contributed by atoms with van der Waals surface area (Å²) < 4.78 is 6.55. The minimum atomic E-state index is -0.976. The van der Waals surface area contributed by atoms with E-state index >= 15 is 0 Å². The molecule has 1 N–H and O–H groups in total. The lowest BCUT2D eigenvalue weighted by atomic mass is 10.3. The van der Waals surface area contributed by atoms with Crippen LogP contribution in [0, 0.1) is 0 Å². The first kappa shape index (κ1) is 9.67. The number of aromatic nitrogens is 2. The van der Waals surface area contributed by atoms with Crippen LogP contribution in [0.5, 0.6) is 0 Å². The van der Waals surface area contributed by atoms with Gasteiger partial charge in [0, 0.05) is 7.11 Å². The lowest BCUT2D eigenvalue weighted by molar-refractivity contribution is 0.0687. The Kier molecular flexibility index (Phi) is 2.39. The molecule has 2 aromatic heterocycles. The number of hydrogen-bond acceptors (Lipinski definition) is 3. The van der Waals surface area contributed by atoms with E-state index in [-0.39, 0.29) is 5.69 Å². The molecule has 0 aliphatic heterocycles. The van der Waals surface area contributed by atoms with E-state index in [2.05, 4.69) is 4.98 Å². The molecule has 5 nitrogen and oxygen atoms in total. The van der Waals surface area contributed by atoms with Crippen molar-refractivity contribution in [2.24, 2.45) is 0 Å². The summed E-state index contributed by atoms with van der Waals surface area (Å²) >= 11 is 0. The lowest BCUT2D eigenvalue weighted by Crippen LogP contribution is -2.07. The first-order valence-corrected chi connectivity index (χ1v) is 4.41. The van der Waals surface area contributed by atoms with Crippen LogP contribution < -0.4 is 0 Å². The molecule has 78 valence electrons. The fourth-order valence-electron chi connectivity index (χ4n) is 1.52. The molecule has 0 unspecified atom stereocenters. The van der Waals surface area contributed by atoms with Gasteiger partial charge >= 0.3 is 5.97 Å². The average Bonchev–Trinajstić information content (AvgIpc) is 2.62. The third-order valence-electron chi connectivity index (χ3n) is 2.11. The summed E-state index contributed by atoms with van der Waals surface area (Å²) in [5.74, 6) is -0.976. The van der Waals surface area contributed by atoms with Crippen LogP contribution in [0.3, 0.4) is 0 Å². The largest absolute Gasteiger partial charge is 0.477 e. The second-order valence-electron chi connectivity index (χ2n) is 3.09. The predicted molar refractivity (Wildman–Crippen MR) is 52.9 cm³/mol. The molecule has 0 spiro atoms. The molecule has 2 rings (SSSR count). The van der Waals surface area contributed by atoms with E-state index in [9.17, 15) is 4.79 Å². The van der Waals surface area contributed by atoms with Crippen LogP contribution in [0.2, 0.25) is 0 Å². The SMILES string of the molecule is COCc1cnc2cccc(C(=O)O)n12. The molecule has 2 heterocycles. The van der Waals surface area contributed by atoms with E-state index in [0.717, 1.165) is 5.69 Å². The molecule has 0 fully saturated rings. The zero-order chi connectivity index (χ0) is 10.8. The first-order chi connectivity index (χ1) is 7.24. The number of carboxylic acids is 1. The summed E-state index contributed by atoms with van der Waals surface area (Å²) in [5, 5.41) is 9.00. The number of hydrogen-bond donors (Lipinski definition) is 1. The number of ether oxygens (including phenoxy) is 1. The Morgan fingerprint density at radius 1 is 1.60 bits per heavy atom. The number of methoxy groups -OCH3 is 1. The van der Waals surface area contributed by atoms with Gasteiger partial charge in [-0.1, -0.05) is 6.07 Å². The summed E-state index contributed by atoms with van der Waals surface area (Å²) in [4.78, 5) is 15.1. The highest BCUT2D eigenvalue weighted by Crippen LogP contribution is 2.11. The van der Waals surface area contributed by atoms with Crippen LogP contribution in [-0.2, 0) is 11.3 Å². The summed E-state index contributed by atoms with van der Waals surface area (Å²) in [6.07, 6.45) is 1.62. The number of pyridine rings is 1. The van der Waals surface area contributed by atoms with Crippen molar-refractivity contribution in [3.8, 4) is 0 Å². The van der Waals surface area contributed by atoms with Crippen LogP contribution in [0.15, 0.2) is 24.4 Å². The molecule has 2 aromatic rings. The Balaban J connectivity index is 2.69. The third-order valence-corrected chi connectivity index (χ3v) is 2.11. The molecule has 0 bridgehead atoms. The van der Waals surface area contributed by atoms with Gasteiger partial charge < -0.3 is 9.84 Å². The van der Waals surface area contributed by atoms with Crippen molar-refractivity contribution in [2.75, 3.05) is 7.11 Å². The Labute approximate surface area is 85.9 Å². The van der Waals surface area contributed by atoms with Gasteiger partial charge in [-0.15, -0.1) is 0 Å². The molecule has 0 aliphatic carbocycles. The van der Waals surface area contributed by atoms with Crippen molar-refractivity contribution in [2.45, 2.75) is 6.61 Å². The first-order valence-electron chi connectivity index (χ1n) is 4.41. The molecule has 0 amide bonds. The number of aromatic carboxylic acids is 1. The number of carbonyl (C=O) groups is 1. The number of fused-ring (bicyclic) bond motifs is 1. The zero-order valence-electron chi connectivity index (χ0n) is 8.17. The average molecular weight is 206 g/mol. The van der Waals surface area contributed by atoms with Gasteiger partial charge in [0.05, 0.1) is 18.5 Å². The Hall–Kier alpha value is -1.88. The fourth-order valence-corrected chi connectivity index (χ4v) is 1.52. The second-order valence-corrected chi connectivity index (χ2v) is 3.09. The van der Waals surface area contributed by atoms with Crippen molar-refractivity contribution < 1.29 is 14.6 Å². The summed E-state index contributed by atoms with van der Waals surface area (Å²) in [6, 6.07) is 4.96. The highest BCUT2D eigenvalue weighted by atomic mass is 16.5. The highest BCUT2D eigenvalue weighted by molar-refractivity contribution is 5.86. The van der Waals surface area contributed by atoms with E-state index in [1.807, 2.05) is 0 Å². The van der Waals surface area contributed by atoms with Gasteiger partial charge in [0.25, 0.3) is 0 Å². The molecule has 0 aliphatic rings. The Morgan fingerprint density at radius 3 is 3.07 bits per heavy atom. The fraction of sp³-hybridized carbons (Fsp3) is 0.200. The van der Waals surface area contributed by atoms with E-state index in [0.29, 0.717) is 12.3 Å². The van der Waals surface area contributed by atoms with Crippen molar-refractivity contribution >= 4 is 11.6 Å². The Morgan fingerprint density at radius 2 is 2.40 bits per heavy atom. The van der Waals surface area contributed by atoms with E-state index in [1.165, 1.54) is 6.07 Å². The minimum Gasteiger partial charge on any atom is -0.477 e. The van der Waals surface area contributed by atoms with Crippen molar-refractivity contribution in [1.29, 1.82) is 0 Å². The summed E-state index contributed by atoms with van der Waals surface area (Å²) in [6.45, 7) is 0.339. The molecule has 0 atom stereocenters. The normalized spacial score (nSPS) is 10.7. The predicted octanol–water partition coefficient (Wildman–Crippen LogP) is 1.18. The van der Waals surface area contributed by atoms with Crippen LogP contribution in [0.4, 0.5) is 0 Å². The quantitative estimate of drug-likeness (QED) is 0.818. The molecular weight excluding hydrogens is 196 g/mol. The van der Waals surface area contributed by atoms with E-state index in [1.54, 1.807) is 29.8 Å². The highest BCUT2D eigenvalue weighted by Gasteiger charge is 2.11. The number of nitrogens with zero attached hydrogens (tertiary/aromatic N) is 2. The lowest BCUT2D eigenvalue weighted by Gasteiger charge is -2.04. The van der Waals surface area contributed by atoms with Crippen molar-refractivity contribution in [3.05, 3.63) is 35.8 Å². The molecule has 0 saturated carbocycles. The van der Waals surface area contributed by atoms with E-state index < -0.39 is 5.97 Å². The van der Waals surface area contributed by atoms with Gasteiger partial charge in [-0.05, 0) is 12.1 Å². The van der Waals surface area contributed by atoms with Crippen molar-refractivity contribution in [3.63, 3.8) is 0 Å². The van der Waals surface area contributed by atoms with Crippen LogP contribution >= 0.6 is 0 Å². The van der Waals surface area contributed by atoms with Gasteiger partial charge in [0.15, 0.2) is 0 Å². The molecule has 15 heavy (non-hydrogen) atoms. The maximum atomic E-state index is 11.0. The van der Waals surface area contributed by atoms with Crippen LogP contribution in [-0.4, -0.2) is 27.6 Å². The van der Waals surface area contributed by atoms with Gasteiger partial charge in [0.2, 0.25) is 0 Å². The molecule has 0 saturated heterocycles. The standard InChI is InChI=1S/C10H10N2O3/c1-15-6-7-5-11-9-4-2-3-8(10(13)14)12(7)9/h2-5H,6H2,1H3,(H,13,14). The number of imidazole rings is 1. The zero-order valence-corrected chi connectivity index (χ0v) is 8.17. The van der Waals surface area contributed by atoms with Crippen LogP contribution in [0.1, 0.15) is 16.2 Å². The maximum Gasteiger partial charge on any atom is 0.352 e. The van der Waals surface area contributed by atoms with Gasteiger partial charge in [-0.2, -0.15) is 0 Å². The molecule has 0 radical (unpaired) electrons. The van der Waals surface area contributed by atoms with Crippen LogP contribution in [0.25, 0.3) is 5.65 Å². The molecule has 0 aromatic carbocycles. The minimum absolute atomic E-state index is 0.192. The van der Waals surface area contributed by atoms with E-state index in [4.69, 9.17) is 9.84 Å². The second kappa shape index (κ2) is 3.70. The number of rotatable bonds is 3. The molecular formula is C10H10N2O3. The van der Waals surface area contributed by atoms with Gasteiger partial charge in [0.1, 0.15) is 11.3 Å². The monoisotopic (exact) mass is 206 g/mol. The third kappa shape index (κ3) is 1.57. The van der Waals surface area contributed by atoms with Gasteiger partial charge in [-0.25, -0.2) is 9.78 Å². The Bertz CT molecular complexity index is 504. The van der Waals surface area contributed by atoms with Gasteiger partial charge in [-0.3, -0.25) is 4.40 Å². The topological polar surface area (TPSA) is 63.8 Å². The summed E-state index contributed by atoms with van der Waals surface area (Å²) in [5.41, 5.74) is 1.53. The van der Waals surface area contributed by atoms with Crippen molar-refractivity contribution in [1.82, 2.24) is 9.38 Å². The maximum absolute atomic E-state index is 11.0. The smallest absolute Gasteiger partial charge is 0.352 e. The summed E-state index contributed by atoms with van der Waals surface area (Å²) in [7, 11) is 1.56.